The summed E-state index contributed by atoms with van der Waals surface area (Å²) in [6.07, 6.45) is 0. The van der Waals surface area contributed by atoms with Crippen LogP contribution in [0, 0.1) is 0 Å². The fraction of sp³-hybridized carbons (Fsp3) is 0. The molecule has 4 nitrogen and oxygen atoms in total. The first-order chi connectivity index (χ1) is 35.2. The molecular formula is C66H40N4S. The monoisotopic (exact) mass is 920 g/mol. The smallest absolute Gasteiger partial charge is 0.235 e. The fourth-order valence-corrected chi connectivity index (χ4v) is 12.4. The number of aromatic nitrogens is 4. The molecule has 11 aromatic carbocycles. The number of hydrogen-bond acceptors (Lipinski definition) is 3. The van der Waals surface area contributed by atoms with E-state index in [1.165, 1.54) is 80.6 Å². The molecule has 4 heterocycles. The van der Waals surface area contributed by atoms with Crippen molar-refractivity contribution in [2.75, 3.05) is 0 Å². The van der Waals surface area contributed by atoms with Crippen LogP contribution in [0.1, 0.15) is 0 Å². The summed E-state index contributed by atoms with van der Waals surface area (Å²) in [6, 6.07) is 88.1. The molecule has 0 aliphatic heterocycles. The van der Waals surface area contributed by atoms with E-state index in [0.717, 1.165) is 55.2 Å². The highest BCUT2D eigenvalue weighted by molar-refractivity contribution is 7.23. The minimum atomic E-state index is 0.638. The Labute approximate surface area is 412 Å². The highest BCUT2D eigenvalue weighted by Crippen LogP contribution is 2.44. The predicted molar refractivity (Wildman–Crippen MR) is 300 cm³/mol. The van der Waals surface area contributed by atoms with Crippen LogP contribution >= 0.6 is 11.3 Å². The molecule has 0 N–H and O–H groups in total. The first kappa shape index (κ1) is 39.8. The lowest BCUT2D eigenvalue weighted by Crippen LogP contribution is -2.03. The quantitative estimate of drug-likeness (QED) is 0.167. The van der Waals surface area contributed by atoms with E-state index in [1.54, 1.807) is 0 Å². The highest BCUT2D eigenvalue weighted by Gasteiger charge is 2.23. The third kappa shape index (κ3) is 6.23. The second-order valence-corrected chi connectivity index (χ2v) is 19.6. The Hall–Kier alpha value is -9.16. The van der Waals surface area contributed by atoms with Gasteiger partial charge in [-0.15, -0.1) is 11.3 Å². The van der Waals surface area contributed by atoms with E-state index in [-0.39, 0.29) is 0 Å². The number of thiophene rings is 1. The number of benzene rings is 11. The van der Waals surface area contributed by atoms with Crippen molar-refractivity contribution in [2.45, 2.75) is 0 Å². The summed E-state index contributed by atoms with van der Waals surface area (Å²) >= 11 is 1.81. The number of rotatable bonds is 6. The van der Waals surface area contributed by atoms with Crippen LogP contribution in [0.2, 0.25) is 0 Å². The van der Waals surface area contributed by atoms with Crippen LogP contribution in [0.3, 0.4) is 0 Å². The maximum absolute atomic E-state index is 5.72. The normalized spacial score (nSPS) is 11.9. The van der Waals surface area contributed by atoms with E-state index in [1.807, 2.05) is 11.3 Å². The van der Waals surface area contributed by atoms with Crippen molar-refractivity contribution < 1.29 is 0 Å². The van der Waals surface area contributed by atoms with Crippen molar-refractivity contribution in [1.29, 1.82) is 0 Å². The van der Waals surface area contributed by atoms with E-state index in [0.29, 0.717) is 5.95 Å². The molecule has 0 saturated heterocycles. The van der Waals surface area contributed by atoms with Crippen molar-refractivity contribution in [3.05, 3.63) is 243 Å². The zero-order chi connectivity index (χ0) is 46.6. The third-order valence-electron chi connectivity index (χ3n) is 14.5. The maximum atomic E-state index is 5.72. The SMILES string of the molecule is c1ccc(-c2cc3ccc4nc(-n5c6ccc(-c7cccc8c9ccccc9n(-c9ccccc9)c78)cc6c6cc7ccccc7cc65)nc(-c5ccc(-c6cccc7ccccc67)cc5)c4c3s2)cc1. The summed E-state index contributed by atoms with van der Waals surface area (Å²) in [6.45, 7) is 0. The summed E-state index contributed by atoms with van der Waals surface area (Å²) in [5, 5.41) is 11.8. The zero-order valence-electron chi connectivity index (χ0n) is 38.3. The van der Waals surface area contributed by atoms with Gasteiger partial charge in [-0.3, -0.25) is 4.57 Å². The first-order valence-electron chi connectivity index (χ1n) is 24.1. The van der Waals surface area contributed by atoms with Gasteiger partial charge < -0.3 is 4.57 Å². The van der Waals surface area contributed by atoms with E-state index in [4.69, 9.17) is 9.97 Å². The number of fused-ring (bicyclic) bond motifs is 11. The van der Waals surface area contributed by atoms with Crippen molar-refractivity contribution in [3.63, 3.8) is 0 Å². The Balaban J connectivity index is 0.983. The topological polar surface area (TPSA) is 35.6 Å². The molecule has 5 heteroatoms. The van der Waals surface area contributed by atoms with Crippen LogP contribution in [-0.2, 0) is 0 Å². The predicted octanol–water partition coefficient (Wildman–Crippen LogP) is 18.0. The maximum Gasteiger partial charge on any atom is 0.235 e. The molecule has 71 heavy (non-hydrogen) atoms. The molecule has 0 saturated carbocycles. The van der Waals surface area contributed by atoms with Gasteiger partial charge in [-0.25, -0.2) is 9.97 Å². The van der Waals surface area contributed by atoms with E-state index in [2.05, 4.69) is 252 Å². The lowest BCUT2D eigenvalue weighted by Gasteiger charge is -2.14. The molecule has 4 aromatic heterocycles. The van der Waals surface area contributed by atoms with Crippen LogP contribution < -0.4 is 0 Å². The van der Waals surface area contributed by atoms with Crippen LogP contribution in [0.4, 0.5) is 0 Å². The van der Waals surface area contributed by atoms with E-state index >= 15 is 0 Å². The van der Waals surface area contributed by atoms with Crippen molar-refractivity contribution in [1.82, 2.24) is 19.1 Å². The molecule has 15 aromatic rings. The second kappa shape index (κ2) is 15.7. The number of nitrogens with zero attached hydrogens (tertiary/aromatic N) is 4. The average molecular weight is 921 g/mol. The van der Waals surface area contributed by atoms with Crippen molar-refractivity contribution >= 4 is 97.5 Å². The Morgan fingerprint density at radius 2 is 0.972 bits per heavy atom. The number of hydrogen-bond donors (Lipinski definition) is 0. The minimum absolute atomic E-state index is 0.638. The van der Waals surface area contributed by atoms with Crippen LogP contribution in [0.5, 0.6) is 0 Å². The Bertz CT molecular complexity index is 4610. The van der Waals surface area contributed by atoms with Gasteiger partial charge in [0.15, 0.2) is 0 Å². The molecule has 0 atom stereocenters. The molecule has 0 aliphatic carbocycles. The van der Waals surface area contributed by atoms with E-state index < -0.39 is 0 Å². The Kier molecular flexibility index (Phi) is 8.79. The van der Waals surface area contributed by atoms with Gasteiger partial charge in [0.25, 0.3) is 0 Å². The molecule has 0 aliphatic rings. The summed E-state index contributed by atoms with van der Waals surface area (Å²) in [5.41, 5.74) is 14.4. The summed E-state index contributed by atoms with van der Waals surface area (Å²) in [5.74, 6) is 0.638. The van der Waals surface area contributed by atoms with Gasteiger partial charge in [-0.2, -0.15) is 0 Å². The molecule has 330 valence electrons. The van der Waals surface area contributed by atoms with Gasteiger partial charge in [0.1, 0.15) is 0 Å². The first-order valence-corrected chi connectivity index (χ1v) is 25.0. The molecule has 0 unspecified atom stereocenters. The highest BCUT2D eigenvalue weighted by atomic mass is 32.1. The molecule has 15 rings (SSSR count). The molecule has 0 bridgehead atoms. The van der Waals surface area contributed by atoms with Crippen LogP contribution in [-0.4, -0.2) is 19.1 Å². The lowest BCUT2D eigenvalue weighted by molar-refractivity contribution is 1.02. The summed E-state index contributed by atoms with van der Waals surface area (Å²) in [4.78, 5) is 12.5. The minimum Gasteiger partial charge on any atom is -0.309 e. The summed E-state index contributed by atoms with van der Waals surface area (Å²) < 4.78 is 5.90. The Morgan fingerprint density at radius 1 is 0.338 bits per heavy atom. The van der Waals surface area contributed by atoms with Gasteiger partial charge in [0.05, 0.1) is 33.3 Å². The molecule has 0 radical (unpaired) electrons. The standard InChI is InChI=1S/C66H40N4S/c1-3-16-43(17-4-1)61-40-48-33-35-57-62(65(48)71-61)63(44-31-29-42(30-32-44)51-25-13-20-41-15-9-10-23-50(41)51)68-66(67-57)70-59-36-34-47(38-55(59)56-37-45-18-7-8-19-46(45)39-60(56)70)52-26-14-27-54-53-24-11-12-28-58(53)69(64(52)54)49-21-5-2-6-22-49/h1-40H. The fourth-order valence-electron chi connectivity index (χ4n) is 11.2. The average Bonchev–Trinajstić information content (AvgIpc) is 4.13. The van der Waals surface area contributed by atoms with Gasteiger partial charge in [0.2, 0.25) is 5.95 Å². The lowest BCUT2D eigenvalue weighted by atomic mass is 9.96. The second-order valence-electron chi connectivity index (χ2n) is 18.5. The third-order valence-corrected chi connectivity index (χ3v) is 15.7. The van der Waals surface area contributed by atoms with Gasteiger partial charge in [0, 0.05) is 53.3 Å². The van der Waals surface area contributed by atoms with Gasteiger partial charge in [-0.1, -0.05) is 188 Å². The van der Waals surface area contributed by atoms with Gasteiger partial charge in [-0.05, 0) is 104 Å². The summed E-state index contributed by atoms with van der Waals surface area (Å²) in [7, 11) is 0. The zero-order valence-corrected chi connectivity index (χ0v) is 39.1. The molecule has 0 fully saturated rings. The molecular weight excluding hydrogens is 881 g/mol. The van der Waals surface area contributed by atoms with Crippen LogP contribution in [0.25, 0.3) is 142 Å². The van der Waals surface area contributed by atoms with Crippen LogP contribution in [0.15, 0.2) is 243 Å². The number of para-hydroxylation sites is 3. The van der Waals surface area contributed by atoms with Gasteiger partial charge >= 0.3 is 0 Å². The van der Waals surface area contributed by atoms with Crippen molar-refractivity contribution in [3.8, 4) is 55.6 Å². The van der Waals surface area contributed by atoms with E-state index in [9.17, 15) is 0 Å². The largest absolute Gasteiger partial charge is 0.309 e. The molecule has 0 spiro atoms. The van der Waals surface area contributed by atoms with Crippen molar-refractivity contribution in [2.24, 2.45) is 0 Å². The Morgan fingerprint density at radius 3 is 1.82 bits per heavy atom. The molecule has 0 amide bonds.